The number of anilines is 1. The van der Waals surface area contributed by atoms with E-state index in [1.165, 1.54) is 26.9 Å². The summed E-state index contributed by atoms with van der Waals surface area (Å²) in [4.78, 5) is 12.6. The zero-order valence-corrected chi connectivity index (χ0v) is 14.3. The van der Waals surface area contributed by atoms with Crippen molar-refractivity contribution >= 4 is 33.3 Å². The van der Waals surface area contributed by atoms with Gasteiger partial charge in [0.1, 0.15) is 0 Å². The second-order valence-corrected chi connectivity index (χ2v) is 7.19. The summed E-state index contributed by atoms with van der Waals surface area (Å²) in [5.41, 5.74) is 8.18. The van der Waals surface area contributed by atoms with Gasteiger partial charge in [-0.1, -0.05) is 36.4 Å². The van der Waals surface area contributed by atoms with E-state index in [2.05, 4.69) is 45.2 Å². The lowest BCUT2D eigenvalue weighted by molar-refractivity contribution is 0.318. The van der Waals surface area contributed by atoms with E-state index in [1.807, 2.05) is 18.5 Å². The largest absolute Gasteiger partial charge is 0.375 e. The Morgan fingerprint density at radius 2 is 2.04 bits per heavy atom. The van der Waals surface area contributed by atoms with Gasteiger partial charge in [-0.3, -0.25) is 9.88 Å². The zero-order chi connectivity index (χ0) is 16.4. The number of nitrogens with zero attached hydrogens (tertiary/aromatic N) is 3. The monoisotopic (exact) mass is 336 g/mol. The van der Waals surface area contributed by atoms with Crippen LogP contribution < -0.4 is 5.73 Å². The first kappa shape index (κ1) is 15.3. The molecule has 0 amide bonds. The molecule has 0 aliphatic carbocycles. The van der Waals surface area contributed by atoms with Crippen molar-refractivity contribution in [3.8, 4) is 0 Å². The summed E-state index contributed by atoms with van der Waals surface area (Å²) >= 11 is 1.64. The van der Waals surface area contributed by atoms with Crippen LogP contribution in [0.25, 0.3) is 16.8 Å². The first-order valence-electron chi connectivity index (χ1n) is 8.25. The van der Waals surface area contributed by atoms with Crippen molar-refractivity contribution in [3.05, 3.63) is 58.9 Å². The molecule has 0 atom stereocenters. The van der Waals surface area contributed by atoms with Gasteiger partial charge >= 0.3 is 0 Å². The number of rotatable bonds is 3. The summed E-state index contributed by atoms with van der Waals surface area (Å²) in [7, 11) is 0. The summed E-state index contributed by atoms with van der Waals surface area (Å²) in [5.74, 6) is 0. The third-order valence-corrected chi connectivity index (χ3v) is 5.46. The summed E-state index contributed by atoms with van der Waals surface area (Å²) in [6.07, 6.45) is 10.3. The fourth-order valence-corrected chi connectivity index (χ4v) is 4.08. The van der Waals surface area contributed by atoms with E-state index in [0.29, 0.717) is 5.13 Å². The van der Waals surface area contributed by atoms with Gasteiger partial charge in [0.15, 0.2) is 5.13 Å². The number of hydrogen-bond donors (Lipinski definition) is 1. The van der Waals surface area contributed by atoms with E-state index in [1.54, 1.807) is 11.3 Å². The molecule has 0 radical (unpaired) electrons. The van der Waals surface area contributed by atoms with Gasteiger partial charge in [0.05, 0.1) is 5.69 Å². The third kappa shape index (κ3) is 3.18. The molecule has 3 heterocycles. The molecule has 0 saturated heterocycles. The molecule has 5 heteroatoms. The predicted molar refractivity (Wildman–Crippen MR) is 101 cm³/mol. The lowest BCUT2D eigenvalue weighted by Gasteiger charge is -2.17. The van der Waals surface area contributed by atoms with Crippen LogP contribution in [0.2, 0.25) is 0 Å². The average molecular weight is 336 g/mol. The van der Waals surface area contributed by atoms with Crippen LogP contribution >= 0.6 is 11.3 Å². The van der Waals surface area contributed by atoms with Crippen LogP contribution in [-0.4, -0.2) is 34.5 Å². The molecule has 0 spiro atoms. The standard InChI is InChI=1S/C19H20N4S/c20-19-22-17-7-10-23(11-8-18(17)24-19)9-3-5-15-13-21-12-14-4-1-2-6-16(14)15/h1-6,12-13H,7-11H2,(H2,20,22)/b5-3+. The molecule has 0 unspecified atom stereocenters. The molecule has 2 N–H and O–H groups in total. The summed E-state index contributed by atoms with van der Waals surface area (Å²) in [5, 5.41) is 3.14. The van der Waals surface area contributed by atoms with Gasteiger partial charge in [0.25, 0.3) is 0 Å². The number of nitrogens with two attached hydrogens (primary N) is 1. The van der Waals surface area contributed by atoms with Gasteiger partial charge in [-0.05, 0) is 11.8 Å². The van der Waals surface area contributed by atoms with Crippen LogP contribution in [0.3, 0.4) is 0 Å². The number of aromatic nitrogens is 2. The first-order chi connectivity index (χ1) is 11.8. The highest BCUT2D eigenvalue weighted by atomic mass is 32.1. The number of thiazole rings is 1. The highest BCUT2D eigenvalue weighted by molar-refractivity contribution is 7.15. The van der Waals surface area contributed by atoms with Gasteiger partial charge in [0.2, 0.25) is 0 Å². The number of hydrogen-bond acceptors (Lipinski definition) is 5. The molecule has 4 nitrogen and oxygen atoms in total. The van der Waals surface area contributed by atoms with E-state index in [0.717, 1.165) is 32.5 Å². The van der Waals surface area contributed by atoms with Crippen LogP contribution in [0.5, 0.6) is 0 Å². The maximum atomic E-state index is 5.81. The Balaban J connectivity index is 1.43. The SMILES string of the molecule is Nc1nc2c(s1)CCN(C/C=C/c1cncc3ccccc13)CC2. The van der Waals surface area contributed by atoms with E-state index in [-0.39, 0.29) is 0 Å². The van der Waals surface area contributed by atoms with Crippen molar-refractivity contribution in [1.29, 1.82) is 0 Å². The van der Waals surface area contributed by atoms with E-state index in [9.17, 15) is 0 Å². The zero-order valence-electron chi connectivity index (χ0n) is 13.5. The van der Waals surface area contributed by atoms with Crippen molar-refractivity contribution in [1.82, 2.24) is 14.9 Å². The Morgan fingerprint density at radius 3 is 3.00 bits per heavy atom. The second-order valence-electron chi connectivity index (χ2n) is 6.07. The quantitative estimate of drug-likeness (QED) is 0.796. The van der Waals surface area contributed by atoms with Crippen molar-refractivity contribution < 1.29 is 0 Å². The maximum absolute atomic E-state index is 5.81. The minimum Gasteiger partial charge on any atom is -0.375 e. The maximum Gasteiger partial charge on any atom is 0.180 e. The normalized spacial score (nSPS) is 15.7. The van der Waals surface area contributed by atoms with Gasteiger partial charge in [-0.25, -0.2) is 4.98 Å². The van der Waals surface area contributed by atoms with Gasteiger partial charge in [-0.2, -0.15) is 0 Å². The van der Waals surface area contributed by atoms with Crippen LogP contribution in [0.15, 0.2) is 42.7 Å². The molecular weight excluding hydrogens is 316 g/mol. The highest BCUT2D eigenvalue weighted by Crippen LogP contribution is 2.24. The Bertz CT molecular complexity index is 853. The van der Waals surface area contributed by atoms with Crippen molar-refractivity contribution in [3.63, 3.8) is 0 Å². The fraction of sp³-hybridized carbons (Fsp3) is 0.263. The van der Waals surface area contributed by atoms with Gasteiger partial charge < -0.3 is 5.73 Å². The first-order valence-corrected chi connectivity index (χ1v) is 9.07. The third-order valence-electron chi connectivity index (χ3n) is 4.47. The second kappa shape index (κ2) is 6.71. The molecule has 2 aromatic heterocycles. The fourth-order valence-electron chi connectivity index (χ4n) is 3.21. The van der Waals surface area contributed by atoms with Crippen molar-refractivity contribution in [2.45, 2.75) is 12.8 Å². The summed E-state index contributed by atoms with van der Waals surface area (Å²) in [6, 6.07) is 8.38. The highest BCUT2D eigenvalue weighted by Gasteiger charge is 2.16. The number of nitrogen functional groups attached to an aromatic ring is 1. The molecule has 122 valence electrons. The molecule has 0 fully saturated rings. The molecule has 1 aliphatic heterocycles. The van der Waals surface area contributed by atoms with Gasteiger partial charge in [0, 0.05) is 54.3 Å². The van der Waals surface area contributed by atoms with Crippen molar-refractivity contribution in [2.75, 3.05) is 25.4 Å². The molecule has 24 heavy (non-hydrogen) atoms. The Hall–Kier alpha value is -2.24. The molecule has 0 saturated carbocycles. The van der Waals surface area contributed by atoms with E-state index < -0.39 is 0 Å². The molecule has 3 aromatic rings. The number of benzene rings is 1. The molecular formula is C19H20N4S. The predicted octanol–water partition coefficient (Wildman–Crippen LogP) is 3.39. The molecule has 0 bridgehead atoms. The minimum atomic E-state index is 0.705. The topological polar surface area (TPSA) is 55.0 Å². The molecule has 4 rings (SSSR count). The van der Waals surface area contributed by atoms with E-state index in [4.69, 9.17) is 5.73 Å². The van der Waals surface area contributed by atoms with Crippen LogP contribution in [0.4, 0.5) is 5.13 Å². The lowest BCUT2D eigenvalue weighted by atomic mass is 10.1. The van der Waals surface area contributed by atoms with Crippen LogP contribution in [-0.2, 0) is 12.8 Å². The molecule has 1 aromatic carbocycles. The Morgan fingerprint density at radius 1 is 1.17 bits per heavy atom. The van der Waals surface area contributed by atoms with Crippen LogP contribution in [0, 0.1) is 0 Å². The number of fused-ring (bicyclic) bond motifs is 2. The average Bonchev–Trinajstić information content (AvgIpc) is 2.86. The minimum absolute atomic E-state index is 0.705. The van der Waals surface area contributed by atoms with Crippen LogP contribution in [0.1, 0.15) is 16.1 Å². The van der Waals surface area contributed by atoms with Crippen molar-refractivity contribution in [2.24, 2.45) is 0 Å². The smallest absolute Gasteiger partial charge is 0.180 e. The summed E-state index contributed by atoms with van der Waals surface area (Å²) in [6.45, 7) is 3.05. The summed E-state index contributed by atoms with van der Waals surface area (Å²) < 4.78 is 0. The van der Waals surface area contributed by atoms with E-state index >= 15 is 0 Å². The molecule has 1 aliphatic rings. The number of pyridine rings is 1. The van der Waals surface area contributed by atoms with Gasteiger partial charge in [-0.15, -0.1) is 11.3 Å². The lowest BCUT2D eigenvalue weighted by Crippen LogP contribution is -2.26. The Kier molecular flexibility index (Phi) is 4.28. The Labute approximate surface area is 145 Å².